The lowest BCUT2D eigenvalue weighted by molar-refractivity contribution is 0.0727. The van der Waals surface area contributed by atoms with Gasteiger partial charge in [0.25, 0.3) is 5.91 Å². The molecule has 6 rings (SSSR count). The second-order valence-electron chi connectivity index (χ2n) is 9.47. The van der Waals surface area contributed by atoms with Crippen molar-refractivity contribution in [1.29, 1.82) is 0 Å². The second-order valence-corrected chi connectivity index (χ2v) is 9.47. The third-order valence-corrected chi connectivity index (χ3v) is 7.19. The third-order valence-electron chi connectivity index (χ3n) is 7.19. The van der Waals surface area contributed by atoms with E-state index < -0.39 is 0 Å². The number of hydrogen-bond donors (Lipinski definition) is 2. The van der Waals surface area contributed by atoms with E-state index >= 15 is 0 Å². The number of H-pyrrole nitrogens is 1. The number of aromatic amines is 1. The highest BCUT2D eigenvalue weighted by Crippen LogP contribution is 2.36. The normalized spacial score (nSPS) is 17.8. The van der Waals surface area contributed by atoms with Crippen LogP contribution < -0.4 is 5.32 Å². The predicted molar refractivity (Wildman–Crippen MR) is 131 cm³/mol. The quantitative estimate of drug-likeness (QED) is 0.485. The largest absolute Gasteiger partial charge is 0.346 e. The number of carbonyl (C=O) groups is 1. The molecule has 1 aromatic carbocycles. The summed E-state index contributed by atoms with van der Waals surface area (Å²) < 4.78 is 0. The fourth-order valence-corrected chi connectivity index (χ4v) is 5.32. The van der Waals surface area contributed by atoms with E-state index in [1.165, 1.54) is 40.6 Å². The third kappa shape index (κ3) is 3.66. The van der Waals surface area contributed by atoms with Gasteiger partial charge in [0.15, 0.2) is 0 Å². The molecule has 2 N–H and O–H groups in total. The molecule has 3 aromatic heterocycles. The minimum Gasteiger partial charge on any atom is -0.346 e. The van der Waals surface area contributed by atoms with E-state index in [1.54, 1.807) is 6.07 Å². The van der Waals surface area contributed by atoms with Crippen LogP contribution in [0, 0.1) is 13.8 Å². The summed E-state index contributed by atoms with van der Waals surface area (Å²) in [5.74, 6) is -0.0249. The van der Waals surface area contributed by atoms with Gasteiger partial charge in [-0.3, -0.25) is 4.79 Å². The molecule has 1 fully saturated rings. The first-order valence-corrected chi connectivity index (χ1v) is 12.0. The number of rotatable bonds is 3. The Bertz CT molecular complexity index is 1400. The number of nitrogens with zero attached hydrogens (tertiary/aromatic N) is 4. The summed E-state index contributed by atoms with van der Waals surface area (Å²) in [6, 6.07) is 8.94. The molecule has 0 saturated carbocycles. The molecule has 2 aliphatic rings. The summed E-state index contributed by atoms with van der Waals surface area (Å²) in [6.07, 6.45) is 8.55. The van der Waals surface area contributed by atoms with Crippen molar-refractivity contribution in [3.8, 4) is 11.1 Å². The molecule has 172 valence electrons. The molecule has 34 heavy (non-hydrogen) atoms. The standard InChI is InChI=1S/C27H28N6O/c1-16-12-29-26-21(16)11-20(13-30-26)19-9-18-5-7-33(27(34)25-8-17(2)31-15-32-25)14-23(18)22(10-19)24-4-3-6-28-24/h8-13,15,24,28H,3-7,14H2,1-2H3,(H,29,30)/t24-/m0/s1. The van der Waals surface area contributed by atoms with Crippen molar-refractivity contribution in [1.82, 2.24) is 30.2 Å². The number of pyridine rings is 1. The molecule has 1 saturated heterocycles. The molecule has 0 unspecified atom stereocenters. The molecule has 1 atom stereocenters. The van der Waals surface area contributed by atoms with Crippen LogP contribution in [0.15, 0.2) is 43.0 Å². The maximum atomic E-state index is 13.2. The number of hydrogen-bond acceptors (Lipinski definition) is 5. The molecule has 2 aliphatic heterocycles. The Morgan fingerprint density at radius 1 is 1.09 bits per heavy atom. The second kappa shape index (κ2) is 8.33. The molecule has 0 radical (unpaired) electrons. The van der Waals surface area contributed by atoms with E-state index in [4.69, 9.17) is 0 Å². The molecule has 5 heterocycles. The highest BCUT2D eigenvalue weighted by atomic mass is 16.2. The molecule has 1 amide bonds. The highest BCUT2D eigenvalue weighted by Gasteiger charge is 2.29. The Morgan fingerprint density at radius 3 is 2.82 bits per heavy atom. The first-order valence-electron chi connectivity index (χ1n) is 12.0. The van der Waals surface area contributed by atoms with Gasteiger partial charge in [0.05, 0.1) is 0 Å². The summed E-state index contributed by atoms with van der Waals surface area (Å²) in [5.41, 5.74) is 9.65. The number of carbonyl (C=O) groups excluding carboxylic acids is 1. The molecule has 0 spiro atoms. The lowest BCUT2D eigenvalue weighted by Crippen LogP contribution is -2.37. The van der Waals surface area contributed by atoms with E-state index in [9.17, 15) is 4.79 Å². The fourth-order valence-electron chi connectivity index (χ4n) is 5.32. The number of aromatic nitrogens is 4. The van der Waals surface area contributed by atoms with Crippen LogP contribution in [-0.4, -0.2) is 43.8 Å². The van der Waals surface area contributed by atoms with Gasteiger partial charge in [0.1, 0.15) is 17.7 Å². The highest BCUT2D eigenvalue weighted by molar-refractivity contribution is 5.92. The van der Waals surface area contributed by atoms with E-state index in [-0.39, 0.29) is 5.91 Å². The van der Waals surface area contributed by atoms with Crippen molar-refractivity contribution >= 4 is 16.9 Å². The van der Waals surface area contributed by atoms with Crippen LogP contribution in [0.1, 0.15) is 57.3 Å². The Labute approximate surface area is 198 Å². The number of aryl methyl sites for hydroxylation is 2. The maximum Gasteiger partial charge on any atom is 0.272 e. The van der Waals surface area contributed by atoms with Crippen molar-refractivity contribution in [2.45, 2.75) is 45.7 Å². The minimum atomic E-state index is -0.0249. The first kappa shape index (κ1) is 21.0. The Hall–Kier alpha value is -3.58. The van der Waals surface area contributed by atoms with E-state index in [1.807, 2.05) is 24.2 Å². The van der Waals surface area contributed by atoms with Gasteiger partial charge in [0.2, 0.25) is 0 Å². The van der Waals surface area contributed by atoms with Gasteiger partial charge in [-0.1, -0.05) is 6.07 Å². The van der Waals surface area contributed by atoms with Crippen LogP contribution in [0.3, 0.4) is 0 Å². The zero-order valence-corrected chi connectivity index (χ0v) is 19.6. The van der Waals surface area contributed by atoms with Gasteiger partial charge < -0.3 is 15.2 Å². The molecule has 0 aliphatic carbocycles. The van der Waals surface area contributed by atoms with Gasteiger partial charge in [-0.15, -0.1) is 0 Å². The topological polar surface area (TPSA) is 86.8 Å². The molecule has 4 aromatic rings. The Kier molecular flexibility index (Phi) is 5.14. The van der Waals surface area contributed by atoms with Crippen molar-refractivity contribution in [2.75, 3.05) is 13.1 Å². The number of benzene rings is 1. The summed E-state index contributed by atoms with van der Waals surface area (Å²) in [4.78, 5) is 31.4. The van der Waals surface area contributed by atoms with Crippen LogP contribution in [0.25, 0.3) is 22.2 Å². The average Bonchev–Trinajstić information content (AvgIpc) is 3.53. The van der Waals surface area contributed by atoms with E-state index in [0.29, 0.717) is 24.8 Å². The van der Waals surface area contributed by atoms with Crippen molar-refractivity contribution in [3.63, 3.8) is 0 Å². The molecule has 7 heteroatoms. The van der Waals surface area contributed by atoms with Crippen LogP contribution in [0.5, 0.6) is 0 Å². The Morgan fingerprint density at radius 2 is 2.00 bits per heavy atom. The summed E-state index contributed by atoms with van der Waals surface area (Å²) >= 11 is 0. The number of amides is 1. The fraction of sp³-hybridized carbons (Fsp3) is 0.333. The molecule has 7 nitrogen and oxygen atoms in total. The molecule has 0 bridgehead atoms. The van der Waals surface area contributed by atoms with Crippen molar-refractivity contribution < 1.29 is 4.79 Å². The van der Waals surface area contributed by atoms with Crippen molar-refractivity contribution in [3.05, 3.63) is 76.6 Å². The lowest BCUT2D eigenvalue weighted by atomic mass is 9.87. The van der Waals surface area contributed by atoms with Gasteiger partial charge in [-0.05, 0) is 85.7 Å². The summed E-state index contributed by atoms with van der Waals surface area (Å²) in [7, 11) is 0. The van der Waals surface area contributed by atoms with Gasteiger partial charge >= 0.3 is 0 Å². The van der Waals surface area contributed by atoms with Gasteiger partial charge in [0, 0.05) is 48.2 Å². The summed E-state index contributed by atoms with van der Waals surface area (Å²) in [6.45, 7) is 6.32. The average molecular weight is 453 g/mol. The minimum absolute atomic E-state index is 0.0249. The number of nitrogens with one attached hydrogen (secondary N) is 2. The predicted octanol–water partition coefficient (Wildman–Crippen LogP) is 4.26. The monoisotopic (exact) mass is 452 g/mol. The van der Waals surface area contributed by atoms with E-state index in [0.717, 1.165) is 41.7 Å². The van der Waals surface area contributed by atoms with Gasteiger partial charge in [-0.25, -0.2) is 15.0 Å². The zero-order valence-electron chi connectivity index (χ0n) is 19.6. The van der Waals surface area contributed by atoms with Crippen LogP contribution in [-0.2, 0) is 13.0 Å². The van der Waals surface area contributed by atoms with Gasteiger partial charge in [-0.2, -0.15) is 0 Å². The SMILES string of the molecule is Cc1cc(C(=O)N2CCc3cc(-c4cnc5[nH]cc(C)c5c4)cc([C@@H]4CCCN4)c3C2)ncn1. The zero-order chi connectivity index (χ0) is 23.2. The lowest BCUT2D eigenvalue weighted by Gasteiger charge is -2.32. The van der Waals surface area contributed by atoms with Crippen LogP contribution in [0.4, 0.5) is 0 Å². The van der Waals surface area contributed by atoms with Crippen LogP contribution >= 0.6 is 0 Å². The van der Waals surface area contributed by atoms with E-state index in [2.05, 4.69) is 50.4 Å². The Balaban J connectivity index is 1.40. The first-order chi connectivity index (χ1) is 16.6. The smallest absolute Gasteiger partial charge is 0.272 e. The molecular weight excluding hydrogens is 424 g/mol. The maximum absolute atomic E-state index is 13.2. The summed E-state index contributed by atoms with van der Waals surface area (Å²) in [5, 5.41) is 4.83. The number of fused-ring (bicyclic) bond motifs is 2. The van der Waals surface area contributed by atoms with Crippen molar-refractivity contribution in [2.24, 2.45) is 0 Å². The molecular formula is C27H28N6O. The van der Waals surface area contributed by atoms with Crippen LogP contribution in [0.2, 0.25) is 0 Å².